The van der Waals surface area contributed by atoms with Gasteiger partial charge in [-0.2, -0.15) is 0 Å². The Labute approximate surface area is 131 Å². The lowest BCUT2D eigenvalue weighted by molar-refractivity contribution is 0.300. The number of anilines is 1. The molecule has 114 valence electrons. The van der Waals surface area contributed by atoms with Gasteiger partial charge in [-0.15, -0.1) is 0 Å². The Morgan fingerprint density at radius 3 is 2.45 bits per heavy atom. The van der Waals surface area contributed by atoms with Gasteiger partial charge in [-0.05, 0) is 35.4 Å². The van der Waals surface area contributed by atoms with E-state index in [9.17, 15) is 0 Å². The molecule has 0 bridgehead atoms. The van der Waals surface area contributed by atoms with Gasteiger partial charge in [0, 0.05) is 24.6 Å². The first-order valence-corrected chi connectivity index (χ1v) is 8.17. The van der Waals surface area contributed by atoms with Gasteiger partial charge in [0.1, 0.15) is 16.2 Å². The summed E-state index contributed by atoms with van der Waals surface area (Å²) in [5.41, 5.74) is -0.0438. The van der Waals surface area contributed by atoms with Gasteiger partial charge in [0.05, 0.1) is 0 Å². The molecule has 0 aliphatic carbocycles. The van der Waals surface area contributed by atoms with Gasteiger partial charge in [-0.3, -0.25) is 0 Å². The third-order valence-corrected chi connectivity index (χ3v) is 3.49. The maximum absolute atomic E-state index is 4.60. The molecule has 0 unspecified atom stereocenters. The van der Waals surface area contributed by atoms with Crippen molar-refractivity contribution in [2.24, 2.45) is 0 Å². The van der Waals surface area contributed by atoms with Crippen molar-refractivity contribution >= 4 is 21.7 Å². The van der Waals surface area contributed by atoms with Crippen LogP contribution in [0.1, 0.15) is 46.9 Å². The van der Waals surface area contributed by atoms with E-state index in [1.54, 1.807) is 0 Å². The Morgan fingerprint density at radius 1 is 1.20 bits per heavy atom. The molecule has 20 heavy (non-hydrogen) atoms. The van der Waals surface area contributed by atoms with Crippen molar-refractivity contribution in [3.8, 4) is 0 Å². The largest absolute Gasteiger partial charge is 0.369 e. The number of nitrogens with zero attached hydrogens (tertiary/aromatic N) is 3. The summed E-state index contributed by atoms with van der Waals surface area (Å²) in [6.45, 7) is 15.0. The van der Waals surface area contributed by atoms with Gasteiger partial charge >= 0.3 is 0 Å². The van der Waals surface area contributed by atoms with E-state index in [-0.39, 0.29) is 5.41 Å². The Hall–Kier alpha value is -0.680. The average Bonchev–Trinajstić information content (AvgIpc) is 2.36. The number of nitrogens with one attached hydrogen (secondary N) is 1. The van der Waals surface area contributed by atoms with Gasteiger partial charge < -0.3 is 10.2 Å². The van der Waals surface area contributed by atoms with Crippen LogP contribution >= 0.6 is 15.9 Å². The van der Waals surface area contributed by atoms with Crippen LogP contribution in [0.3, 0.4) is 0 Å². The summed E-state index contributed by atoms with van der Waals surface area (Å²) in [6.07, 6.45) is 1.20. The van der Waals surface area contributed by atoms with E-state index in [0.717, 1.165) is 42.4 Å². The molecule has 5 heteroatoms. The summed E-state index contributed by atoms with van der Waals surface area (Å²) >= 11 is 3.46. The van der Waals surface area contributed by atoms with Gasteiger partial charge in [0.25, 0.3) is 0 Å². The Balaban J connectivity index is 2.62. The number of rotatable bonds is 7. The minimum Gasteiger partial charge on any atom is -0.369 e. The molecule has 0 saturated carbocycles. The first-order valence-electron chi connectivity index (χ1n) is 7.38. The van der Waals surface area contributed by atoms with Crippen LogP contribution in [0.25, 0.3) is 0 Å². The SMILES string of the molecule is CCCN(CC)CCNc1cc(Br)nc(C(C)(C)C)n1. The van der Waals surface area contributed by atoms with Crippen molar-refractivity contribution in [2.75, 3.05) is 31.5 Å². The van der Waals surface area contributed by atoms with Crippen molar-refractivity contribution < 1.29 is 0 Å². The predicted octanol–water partition coefficient (Wildman–Crippen LogP) is 3.68. The fourth-order valence-electron chi connectivity index (χ4n) is 1.93. The lowest BCUT2D eigenvalue weighted by Crippen LogP contribution is -2.30. The quantitative estimate of drug-likeness (QED) is 0.767. The van der Waals surface area contributed by atoms with E-state index in [1.165, 1.54) is 6.42 Å². The van der Waals surface area contributed by atoms with E-state index in [1.807, 2.05) is 6.07 Å². The summed E-state index contributed by atoms with van der Waals surface area (Å²) in [4.78, 5) is 11.5. The van der Waals surface area contributed by atoms with Crippen LogP contribution in [0, 0.1) is 0 Å². The third kappa shape index (κ3) is 5.75. The number of hydrogen-bond donors (Lipinski definition) is 1. The minimum atomic E-state index is -0.0438. The van der Waals surface area contributed by atoms with Crippen molar-refractivity contribution in [1.29, 1.82) is 0 Å². The molecule has 1 aromatic heterocycles. The highest BCUT2D eigenvalue weighted by Gasteiger charge is 2.18. The van der Waals surface area contributed by atoms with E-state index in [0.29, 0.717) is 0 Å². The van der Waals surface area contributed by atoms with E-state index >= 15 is 0 Å². The molecular formula is C15H27BrN4. The fraction of sp³-hybridized carbons (Fsp3) is 0.733. The molecule has 0 aromatic carbocycles. The predicted molar refractivity (Wildman–Crippen MR) is 89.3 cm³/mol. The zero-order valence-corrected chi connectivity index (χ0v) is 14.9. The fourth-order valence-corrected chi connectivity index (χ4v) is 2.31. The molecule has 1 heterocycles. The molecule has 0 spiro atoms. The first-order chi connectivity index (χ1) is 9.36. The molecule has 0 amide bonds. The van der Waals surface area contributed by atoms with Crippen molar-refractivity contribution in [3.05, 3.63) is 16.5 Å². The zero-order chi connectivity index (χ0) is 15.2. The first kappa shape index (κ1) is 17.4. The maximum atomic E-state index is 4.60. The Morgan fingerprint density at radius 2 is 1.90 bits per heavy atom. The lowest BCUT2D eigenvalue weighted by Gasteiger charge is -2.21. The smallest absolute Gasteiger partial charge is 0.137 e. The molecule has 0 radical (unpaired) electrons. The monoisotopic (exact) mass is 342 g/mol. The molecule has 0 fully saturated rings. The number of halogens is 1. The average molecular weight is 343 g/mol. The van der Waals surface area contributed by atoms with Gasteiger partial charge in [0.15, 0.2) is 0 Å². The standard InChI is InChI=1S/C15H27BrN4/c1-6-9-20(7-2)10-8-17-13-11-12(16)18-14(19-13)15(3,4)5/h11H,6-10H2,1-5H3,(H,17,18,19). The second-order valence-electron chi connectivity index (χ2n) is 6.01. The second kappa shape index (κ2) is 7.93. The molecule has 1 rings (SSSR count). The molecule has 0 aliphatic rings. The minimum absolute atomic E-state index is 0.0438. The second-order valence-corrected chi connectivity index (χ2v) is 6.82. The molecule has 0 atom stereocenters. The van der Waals surface area contributed by atoms with Crippen molar-refractivity contribution in [3.63, 3.8) is 0 Å². The maximum Gasteiger partial charge on any atom is 0.137 e. The van der Waals surface area contributed by atoms with Crippen molar-refractivity contribution in [1.82, 2.24) is 14.9 Å². The van der Waals surface area contributed by atoms with E-state index < -0.39 is 0 Å². The van der Waals surface area contributed by atoms with E-state index in [4.69, 9.17) is 0 Å². The van der Waals surface area contributed by atoms with Crippen LogP contribution < -0.4 is 5.32 Å². The van der Waals surface area contributed by atoms with Crippen LogP contribution in [-0.4, -0.2) is 41.0 Å². The molecule has 1 aromatic rings. The highest BCUT2D eigenvalue weighted by atomic mass is 79.9. The molecule has 4 nitrogen and oxygen atoms in total. The van der Waals surface area contributed by atoms with E-state index in [2.05, 4.69) is 70.7 Å². The van der Waals surface area contributed by atoms with Crippen molar-refractivity contribution in [2.45, 2.75) is 46.5 Å². The van der Waals surface area contributed by atoms with Crippen LogP contribution in [0.4, 0.5) is 5.82 Å². The van der Waals surface area contributed by atoms with Gasteiger partial charge in [-0.25, -0.2) is 9.97 Å². The summed E-state index contributed by atoms with van der Waals surface area (Å²) < 4.78 is 0.834. The molecular weight excluding hydrogens is 316 g/mol. The van der Waals surface area contributed by atoms with Crippen LogP contribution in [0.2, 0.25) is 0 Å². The van der Waals surface area contributed by atoms with Gasteiger partial charge in [0.2, 0.25) is 0 Å². The summed E-state index contributed by atoms with van der Waals surface area (Å²) in [5.74, 6) is 1.75. The zero-order valence-electron chi connectivity index (χ0n) is 13.3. The third-order valence-electron chi connectivity index (χ3n) is 3.09. The normalized spacial score (nSPS) is 11.9. The van der Waals surface area contributed by atoms with Crippen LogP contribution in [-0.2, 0) is 5.41 Å². The topological polar surface area (TPSA) is 41.0 Å². The summed E-state index contributed by atoms with van der Waals surface area (Å²) in [7, 11) is 0. The lowest BCUT2D eigenvalue weighted by atomic mass is 9.96. The number of hydrogen-bond acceptors (Lipinski definition) is 4. The highest BCUT2D eigenvalue weighted by molar-refractivity contribution is 9.10. The van der Waals surface area contributed by atoms with Crippen LogP contribution in [0.5, 0.6) is 0 Å². The Kier molecular flexibility index (Phi) is 6.89. The molecule has 0 saturated heterocycles. The summed E-state index contributed by atoms with van der Waals surface area (Å²) in [6, 6.07) is 1.94. The molecule has 0 aliphatic heterocycles. The van der Waals surface area contributed by atoms with Gasteiger partial charge in [-0.1, -0.05) is 34.6 Å². The molecule has 1 N–H and O–H groups in total. The highest BCUT2D eigenvalue weighted by Crippen LogP contribution is 2.22. The number of likely N-dealkylation sites (N-methyl/N-ethyl adjacent to an activating group) is 1. The Bertz CT molecular complexity index is 415. The number of aromatic nitrogens is 2. The summed E-state index contributed by atoms with van der Waals surface area (Å²) in [5, 5.41) is 3.40. The van der Waals surface area contributed by atoms with Crippen LogP contribution in [0.15, 0.2) is 10.7 Å².